The summed E-state index contributed by atoms with van der Waals surface area (Å²) >= 11 is 0. The van der Waals surface area contributed by atoms with Crippen molar-refractivity contribution in [3.05, 3.63) is 17.5 Å². The summed E-state index contributed by atoms with van der Waals surface area (Å²) in [6.45, 7) is 3.47. The Morgan fingerprint density at radius 1 is 1.41 bits per heavy atom. The Hall–Kier alpha value is -0.920. The van der Waals surface area contributed by atoms with Crippen molar-refractivity contribution in [2.75, 3.05) is 24.6 Å². The van der Waals surface area contributed by atoms with Gasteiger partial charge in [-0.05, 0) is 45.2 Å². The molecule has 3 rings (SSSR count). The highest BCUT2D eigenvalue weighted by Crippen LogP contribution is 2.34. The molecule has 0 radical (unpaired) electrons. The minimum atomic E-state index is -2.95. The first-order valence-corrected chi connectivity index (χ1v) is 9.88. The average molecular weight is 327 g/mol. The lowest BCUT2D eigenvalue weighted by Crippen LogP contribution is -2.50. The van der Waals surface area contributed by atoms with Gasteiger partial charge in [0.2, 0.25) is 0 Å². The standard InChI is InChI=1S/C15H25N3O3S/c1-12-10-13(17-16-12)14-4-2-3-7-18(14)11-15(19)5-8-22(20,21)9-6-15/h10,14,19H,2-9,11H2,1H3,(H,16,17). The second-order valence-electron chi connectivity index (χ2n) is 6.83. The van der Waals surface area contributed by atoms with Gasteiger partial charge in [0.1, 0.15) is 0 Å². The molecule has 3 heterocycles. The molecule has 0 spiro atoms. The lowest BCUT2D eigenvalue weighted by Gasteiger charge is -2.41. The first-order valence-electron chi connectivity index (χ1n) is 8.06. The molecule has 6 nitrogen and oxygen atoms in total. The zero-order valence-corrected chi connectivity index (χ0v) is 13.9. The van der Waals surface area contributed by atoms with E-state index in [9.17, 15) is 13.5 Å². The first-order chi connectivity index (χ1) is 10.4. The molecule has 2 aliphatic heterocycles. The van der Waals surface area contributed by atoms with Crippen LogP contribution in [0.25, 0.3) is 0 Å². The van der Waals surface area contributed by atoms with E-state index in [2.05, 4.69) is 21.2 Å². The third kappa shape index (κ3) is 3.52. The van der Waals surface area contributed by atoms with E-state index in [4.69, 9.17) is 0 Å². The van der Waals surface area contributed by atoms with Crippen molar-refractivity contribution in [2.45, 2.75) is 50.7 Å². The van der Waals surface area contributed by atoms with Crippen molar-refractivity contribution >= 4 is 9.84 Å². The van der Waals surface area contributed by atoms with Crippen LogP contribution in [0.2, 0.25) is 0 Å². The van der Waals surface area contributed by atoms with Crippen molar-refractivity contribution in [2.24, 2.45) is 0 Å². The van der Waals surface area contributed by atoms with Gasteiger partial charge < -0.3 is 5.11 Å². The van der Waals surface area contributed by atoms with Gasteiger partial charge >= 0.3 is 0 Å². The number of hydrogen-bond acceptors (Lipinski definition) is 5. The van der Waals surface area contributed by atoms with E-state index in [1.807, 2.05) is 6.92 Å². The highest BCUT2D eigenvalue weighted by atomic mass is 32.2. The number of nitrogens with one attached hydrogen (secondary N) is 1. The molecule has 1 aromatic rings. The molecule has 2 N–H and O–H groups in total. The predicted molar refractivity (Wildman–Crippen MR) is 84.3 cm³/mol. The third-order valence-corrected chi connectivity index (χ3v) is 6.59. The maximum absolute atomic E-state index is 11.6. The van der Waals surface area contributed by atoms with Crippen LogP contribution in [0.5, 0.6) is 0 Å². The van der Waals surface area contributed by atoms with E-state index in [-0.39, 0.29) is 17.5 Å². The molecule has 0 aromatic carbocycles. The first kappa shape index (κ1) is 16.0. The third-order valence-electron chi connectivity index (χ3n) is 4.94. The summed E-state index contributed by atoms with van der Waals surface area (Å²) in [6, 6.07) is 2.29. The van der Waals surface area contributed by atoms with Crippen LogP contribution < -0.4 is 0 Å². The van der Waals surface area contributed by atoms with Crippen LogP contribution in [-0.2, 0) is 9.84 Å². The van der Waals surface area contributed by atoms with Crippen LogP contribution in [0, 0.1) is 6.92 Å². The van der Waals surface area contributed by atoms with Crippen molar-refractivity contribution in [3.8, 4) is 0 Å². The molecule has 0 aliphatic carbocycles. The fourth-order valence-electron chi connectivity index (χ4n) is 3.58. The Morgan fingerprint density at radius 3 is 2.77 bits per heavy atom. The number of aromatic nitrogens is 2. The van der Waals surface area contributed by atoms with Crippen LogP contribution >= 0.6 is 0 Å². The molecule has 0 saturated carbocycles. The van der Waals surface area contributed by atoms with Crippen LogP contribution in [0.15, 0.2) is 6.07 Å². The smallest absolute Gasteiger partial charge is 0.150 e. The number of piperidine rings is 1. The highest BCUT2D eigenvalue weighted by Gasteiger charge is 2.39. The van der Waals surface area contributed by atoms with Crippen molar-refractivity contribution in [1.29, 1.82) is 0 Å². The van der Waals surface area contributed by atoms with Crippen molar-refractivity contribution < 1.29 is 13.5 Å². The van der Waals surface area contributed by atoms with Gasteiger partial charge in [-0.15, -0.1) is 0 Å². The molecule has 2 saturated heterocycles. The topological polar surface area (TPSA) is 86.3 Å². The number of likely N-dealkylation sites (tertiary alicyclic amines) is 1. The Labute approximate surface area is 131 Å². The van der Waals surface area contributed by atoms with E-state index in [1.165, 1.54) is 6.42 Å². The lowest BCUT2D eigenvalue weighted by atomic mass is 9.92. The summed E-state index contributed by atoms with van der Waals surface area (Å²) in [5.41, 5.74) is 1.19. The minimum absolute atomic E-state index is 0.101. The van der Waals surface area contributed by atoms with Crippen molar-refractivity contribution in [3.63, 3.8) is 0 Å². The average Bonchev–Trinajstić information content (AvgIpc) is 2.90. The maximum Gasteiger partial charge on any atom is 0.150 e. The lowest BCUT2D eigenvalue weighted by molar-refractivity contribution is -0.0251. The zero-order chi connectivity index (χ0) is 15.8. The summed E-state index contributed by atoms with van der Waals surface area (Å²) in [5.74, 6) is 0.201. The molecule has 1 aromatic heterocycles. The number of hydrogen-bond donors (Lipinski definition) is 2. The molecule has 2 aliphatic rings. The van der Waals surface area contributed by atoms with E-state index in [1.54, 1.807) is 0 Å². The number of aliphatic hydroxyl groups is 1. The molecular weight excluding hydrogens is 302 g/mol. The molecular formula is C15H25N3O3S. The molecule has 124 valence electrons. The maximum atomic E-state index is 11.6. The minimum Gasteiger partial charge on any atom is -0.388 e. The summed E-state index contributed by atoms with van der Waals surface area (Å²) < 4.78 is 23.2. The number of aromatic amines is 1. The second-order valence-corrected chi connectivity index (χ2v) is 9.14. The van der Waals surface area contributed by atoms with Crippen LogP contribution in [0.3, 0.4) is 0 Å². The van der Waals surface area contributed by atoms with Gasteiger partial charge in [0.25, 0.3) is 0 Å². The fourth-order valence-corrected chi connectivity index (χ4v) is 5.17. The van der Waals surface area contributed by atoms with Crippen molar-refractivity contribution in [1.82, 2.24) is 15.1 Å². The fraction of sp³-hybridized carbons (Fsp3) is 0.800. The van der Waals surface area contributed by atoms with Gasteiger partial charge in [-0.1, -0.05) is 6.42 Å². The number of β-amino-alcohol motifs (C(OH)–C–C–N with tert-alkyl or cyclic N) is 1. The van der Waals surface area contributed by atoms with Gasteiger partial charge in [0.15, 0.2) is 9.84 Å². The quantitative estimate of drug-likeness (QED) is 0.871. The molecule has 0 amide bonds. The number of H-pyrrole nitrogens is 1. The largest absolute Gasteiger partial charge is 0.388 e. The van der Waals surface area contributed by atoms with E-state index < -0.39 is 15.4 Å². The predicted octanol–water partition coefficient (Wildman–Crippen LogP) is 1.18. The normalized spacial score (nSPS) is 28.5. The van der Waals surface area contributed by atoms with Crippen LogP contribution in [-0.4, -0.2) is 58.8 Å². The van der Waals surface area contributed by atoms with Gasteiger partial charge in [-0.3, -0.25) is 10.00 Å². The molecule has 7 heteroatoms. The summed E-state index contributed by atoms with van der Waals surface area (Å²) in [5, 5.41) is 18.2. The Bertz CT molecular complexity index is 612. The summed E-state index contributed by atoms with van der Waals surface area (Å²) in [7, 11) is -2.95. The number of sulfone groups is 1. The molecule has 1 unspecified atom stereocenters. The highest BCUT2D eigenvalue weighted by molar-refractivity contribution is 7.91. The van der Waals surface area contributed by atoms with Gasteiger partial charge in [0.05, 0.1) is 28.8 Å². The molecule has 2 fully saturated rings. The molecule has 1 atom stereocenters. The number of rotatable bonds is 3. The monoisotopic (exact) mass is 327 g/mol. The Balaban J connectivity index is 1.72. The zero-order valence-electron chi connectivity index (χ0n) is 13.1. The van der Waals surface area contributed by atoms with Crippen LogP contribution in [0.4, 0.5) is 0 Å². The van der Waals surface area contributed by atoms with Crippen LogP contribution in [0.1, 0.15) is 49.5 Å². The van der Waals surface area contributed by atoms with E-state index >= 15 is 0 Å². The van der Waals surface area contributed by atoms with Gasteiger partial charge in [-0.25, -0.2) is 8.42 Å². The van der Waals surface area contributed by atoms with E-state index in [0.29, 0.717) is 19.4 Å². The second kappa shape index (κ2) is 5.94. The Morgan fingerprint density at radius 2 is 2.14 bits per heavy atom. The Kier molecular flexibility index (Phi) is 4.31. The SMILES string of the molecule is Cc1cc(C2CCCCN2CC2(O)CCS(=O)(=O)CC2)n[nH]1. The summed E-state index contributed by atoms with van der Waals surface area (Å²) in [4.78, 5) is 2.29. The number of nitrogens with zero attached hydrogens (tertiary/aromatic N) is 2. The molecule has 22 heavy (non-hydrogen) atoms. The number of aryl methyl sites for hydroxylation is 1. The molecule has 0 bridgehead atoms. The van der Waals surface area contributed by atoms with Gasteiger partial charge in [0, 0.05) is 12.2 Å². The summed E-state index contributed by atoms with van der Waals surface area (Å²) in [6.07, 6.45) is 4.02. The van der Waals surface area contributed by atoms with Gasteiger partial charge in [-0.2, -0.15) is 5.10 Å². The van der Waals surface area contributed by atoms with E-state index in [0.717, 1.165) is 30.8 Å².